The molecular weight excluding hydrogens is 328 g/mol. The quantitative estimate of drug-likeness (QED) is 0.545. The molecule has 0 aromatic carbocycles. The van der Waals surface area contributed by atoms with E-state index in [-0.39, 0.29) is 5.96 Å². The molecule has 1 aliphatic heterocycles. The molecule has 1 saturated heterocycles. The van der Waals surface area contributed by atoms with Crippen molar-refractivity contribution in [3.63, 3.8) is 0 Å². The van der Waals surface area contributed by atoms with Crippen LogP contribution in [0.15, 0.2) is 4.99 Å². The summed E-state index contributed by atoms with van der Waals surface area (Å²) in [4.78, 5) is 41.0. The molecule has 0 radical (unpaired) electrons. The highest BCUT2D eigenvalue weighted by atomic mass is 16.6. The van der Waals surface area contributed by atoms with Crippen molar-refractivity contribution in [3.8, 4) is 0 Å². The second-order valence-corrected chi connectivity index (χ2v) is 7.80. The van der Waals surface area contributed by atoms with E-state index in [2.05, 4.69) is 10.3 Å². The maximum absolute atomic E-state index is 12.1. The van der Waals surface area contributed by atoms with Gasteiger partial charge in [-0.2, -0.15) is 0 Å². The van der Waals surface area contributed by atoms with Gasteiger partial charge in [0.1, 0.15) is 17.2 Å². The topological polar surface area (TPSA) is 123 Å². The Labute approximate surface area is 147 Å². The Hall–Kier alpha value is -2.32. The summed E-state index contributed by atoms with van der Waals surface area (Å²) in [6, 6.07) is -0.656. The number of nitrogens with two attached hydrogens (primary N) is 1. The number of alkyl carbamates (subject to hydrolysis) is 1. The maximum Gasteiger partial charge on any atom is 0.437 e. The van der Waals surface area contributed by atoms with Crippen LogP contribution >= 0.6 is 0 Å². The zero-order chi connectivity index (χ0) is 19.4. The molecule has 3 amide bonds. The average Bonchev–Trinajstić information content (AvgIpc) is 2.81. The second kappa shape index (κ2) is 7.71. The van der Waals surface area contributed by atoms with Crippen LogP contribution in [0.4, 0.5) is 9.59 Å². The van der Waals surface area contributed by atoms with Gasteiger partial charge in [-0.05, 0) is 54.4 Å². The fraction of sp³-hybridized carbons (Fsp3) is 0.750. The number of aliphatic imine (C=N–C) groups is 1. The van der Waals surface area contributed by atoms with Gasteiger partial charge in [0.2, 0.25) is 11.9 Å². The van der Waals surface area contributed by atoms with Crippen molar-refractivity contribution >= 4 is 24.1 Å². The van der Waals surface area contributed by atoms with Crippen molar-refractivity contribution in [2.24, 2.45) is 10.7 Å². The molecule has 0 aliphatic carbocycles. The first-order valence-corrected chi connectivity index (χ1v) is 8.16. The fourth-order valence-corrected chi connectivity index (χ4v) is 2.25. The van der Waals surface area contributed by atoms with E-state index >= 15 is 0 Å². The van der Waals surface area contributed by atoms with Gasteiger partial charge in [-0.3, -0.25) is 10.1 Å². The summed E-state index contributed by atoms with van der Waals surface area (Å²) in [5.74, 6) is -0.662. The molecule has 9 nitrogen and oxygen atoms in total. The summed E-state index contributed by atoms with van der Waals surface area (Å²) >= 11 is 0. The molecule has 0 bridgehead atoms. The van der Waals surface area contributed by atoms with Gasteiger partial charge in [0, 0.05) is 6.54 Å². The number of guanidine groups is 1. The number of amides is 3. The molecule has 1 heterocycles. The van der Waals surface area contributed by atoms with E-state index in [0.29, 0.717) is 19.4 Å². The third-order valence-electron chi connectivity index (χ3n) is 3.06. The Morgan fingerprint density at radius 2 is 1.64 bits per heavy atom. The van der Waals surface area contributed by atoms with E-state index in [4.69, 9.17) is 15.2 Å². The number of primary amides is 1. The van der Waals surface area contributed by atoms with Crippen molar-refractivity contribution in [1.29, 1.82) is 0 Å². The number of likely N-dealkylation sites (tertiary alicyclic amines) is 1. The highest BCUT2D eigenvalue weighted by Crippen LogP contribution is 2.18. The van der Waals surface area contributed by atoms with Gasteiger partial charge in [0.05, 0.1) is 0 Å². The summed E-state index contributed by atoms with van der Waals surface area (Å²) in [5, 5.41) is 2.42. The predicted molar refractivity (Wildman–Crippen MR) is 92.0 cm³/mol. The molecule has 1 aliphatic rings. The van der Waals surface area contributed by atoms with Crippen molar-refractivity contribution in [2.45, 2.75) is 71.6 Å². The van der Waals surface area contributed by atoms with Gasteiger partial charge in [-0.25, -0.2) is 9.59 Å². The maximum atomic E-state index is 12.1. The third kappa shape index (κ3) is 7.40. The lowest BCUT2D eigenvalue weighted by Gasteiger charge is -2.27. The molecule has 1 rings (SSSR count). The van der Waals surface area contributed by atoms with Gasteiger partial charge in [0.25, 0.3) is 0 Å². The average molecular weight is 356 g/mol. The Kier molecular flexibility index (Phi) is 6.39. The number of hydrogen-bond acceptors (Lipinski definition) is 5. The van der Waals surface area contributed by atoms with Gasteiger partial charge in [-0.15, -0.1) is 4.99 Å². The Morgan fingerprint density at radius 3 is 2.12 bits per heavy atom. The standard InChI is InChI=1S/C16H28N4O5/c1-15(2,3)24-13(22)18-12(19-14(23)25-16(4,5)6)20-9-7-8-10(20)11(17)21/h10H,7-9H2,1-6H3,(H2,17,21)(H,18,19,22,23)/t10-/m0/s1. The van der Waals surface area contributed by atoms with E-state index in [0.717, 1.165) is 0 Å². The van der Waals surface area contributed by atoms with Gasteiger partial charge >= 0.3 is 12.2 Å². The minimum Gasteiger partial charge on any atom is -0.444 e. The monoisotopic (exact) mass is 356 g/mol. The van der Waals surface area contributed by atoms with Gasteiger partial charge in [-0.1, -0.05) is 0 Å². The van der Waals surface area contributed by atoms with E-state index in [1.54, 1.807) is 41.5 Å². The van der Waals surface area contributed by atoms with Gasteiger partial charge in [0.15, 0.2) is 0 Å². The SMILES string of the molecule is CC(C)(C)OC(=O)/N=C(\NC(=O)OC(C)(C)C)N1CCC[C@H]1C(N)=O. The molecule has 0 saturated carbocycles. The van der Waals surface area contributed by atoms with Crippen LogP contribution in [0.5, 0.6) is 0 Å². The summed E-state index contributed by atoms with van der Waals surface area (Å²) in [6.07, 6.45) is -0.478. The van der Waals surface area contributed by atoms with Crippen LogP contribution in [0, 0.1) is 0 Å². The summed E-state index contributed by atoms with van der Waals surface area (Å²) in [6.45, 7) is 10.6. The largest absolute Gasteiger partial charge is 0.444 e. The van der Waals surface area contributed by atoms with Crippen LogP contribution < -0.4 is 11.1 Å². The van der Waals surface area contributed by atoms with Crippen molar-refractivity contribution < 1.29 is 23.9 Å². The molecule has 3 N–H and O–H groups in total. The summed E-state index contributed by atoms with van der Waals surface area (Å²) in [7, 11) is 0. The molecule has 1 atom stereocenters. The highest BCUT2D eigenvalue weighted by Gasteiger charge is 2.34. The number of carbonyl (C=O) groups is 3. The predicted octanol–water partition coefficient (Wildman–Crippen LogP) is 1.75. The number of nitrogens with zero attached hydrogens (tertiary/aromatic N) is 2. The van der Waals surface area contributed by atoms with Crippen molar-refractivity contribution in [1.82, 2.24) is 10.2 Å². The highest BCUT2D eigenvalue weighted by molar-refractivity contribution is 6.01. The van der Waals surface area contributed by atoms with Gasteiger partial charge < -0.3 is 20.1 Å². The smallest absolute Gasteiger partial charge is 0.437 e. The van der Waals surface area contributed by atoms with Crippen LogP contribution in [0.1, 0.15) is 54.4 Å². The minimum absolute atomic E-state index is 0.107. The summed E-state index contributed by atoms with van der Waals surface area (Å²) in [5.41, 5.74) is 3.92. The molecule has 142 valence electrons. The lowest BCUT2D eigenvalue weighted by atomic mass is 10.2. The van der Waals surface area contributed by atoms with Crippen LogP contribution in [0.25, 0.3) is 0 Å². The molecule has 25 heavy (non-hydrogen) atoms. The third-order valence-corrected chi connectivity index (χ3v) is 3.06. The first-order chi connectivity index (χ1) is 11.3. The number of carbonyl (C=O) groups excluding carboxylic acids is 3. The number of hydrogen-bond donors (Lipinski definition) is 2. The lowest BCUT2D eigenvalue weighted by Crippen LogP contribution is -2.51. The Bertz CT molecular complexity index is 560. The molecule has 0 aromatic heterocycles. The van der Waals surface area contributed by atoms with Crippen molar-refractivity contribution in [3.05, 3.63) is 0 Å². The van der Waals surface area contributed by atoms with Crippen molar-refractivity contribution in [2.75, 3.05) is 6.54 Å². The Morgan fingerprint density at radius 1 is 1.08 bits per heavy atom. The van der Waals surface area contributed by atoms with E-state index in [1.165, 1.54) is 4.90 Å². The first kappa shape index (κ1) is 20.7. The first-order valence-electron chi connectivity index (χ1n) is 8.16. The fourth-order valence-electron chi connectivity index (χ4n) is 2.25. The Balaban J connectivity index is 3.03. The molecule has 1 fully saturated rings. The van der Waals surface area contributed by atoms with Crippen LogP contribution in [-0.4, -0.2) is 52.7 Å². The van der Waals surface area contributed by atoms with Crippen LogP contribution in [0.2, 0.25) is 0 Å². The van der Waals surface area contributed by atoms with E-state index in [1.807, 2.05) is 0 Å². The zero-order valence-corrected chi connectivity index (χ0v) is 15.7. The lowest BCUT2D eigenvalue weighted by molar-refractivity contribution is -0.121. The molecule has 0 unspecified atom stereocenters. The number of rotatable bonds is 1. The second-order valence-electron chi connectivity index (χ2n) is 7.80. The molecular formula is C16H28N4O5. The number of nitrogens with one attached hydrogen (secondary N) is 1. The van der Waals surface area contributed by atoms with E-state index < -0.39 is 35.3 Å². The molecule has 0 spiro atoms. The molecule has 9 heteroatoms. The van der Waals surface area contributed by atoms with E-state index in [9.17, 15) is 14.4 Å². The normalized spacial score (nSPS) is 18.7. The molecule has 0 aromatic rings. The minimum atomic E-state index is -0.881. The van der Waals surface area contributed by atoms with Crippen LogP contribution in [-0.2, 0) is 14.3 Å². The number of ether oxygens (including phenoxy) is 2. The summed E-state index contributed by atoms with van der Waals surface area (Å²) < 4.78 is 10.3. The van der Waals surface area contributed by atoms with Crippen LogP contribution in [0.3, 0.4) is 0 Å². The zero-order valence-electron chi connectivity index (χ0n) is 15.7.